The predicted octanol–water partition coefficient (Wildman–Crippen LogP) is 5.58. The van der Waals surface area contributed by atoms with Gasteiger partial charge in [0, 0.05) is 35.5 Å². The number of fused-ring (bicyclic) bond motifs is 1. The van der Waals surface area contributed by atoms with Gasteiger partial charge in [-0.05, 0) is 71.5 Å². The second-order valence-electron chi connectivity index (χ2n) is 9.59. The van der Waals surface area contributed by atoms with E-state index in [1.807, 2.05) is 53.6 Å². The molecule has 2 atom stereocenters. The molecular formula is C30H27N5O3S2. The minimum Gasteiger partial charge on any atom is -0.494 e. The number of aromatic nitrogens is 2. The fourth-order valence-electron chi connectivity index (χ4n) is 5.24. The van der Waals surface area contributed by atoms with E-state index < -0.39 is 10.0 Å². The molecule has 0 radical (unpaired) electrons. The third kappa shape index (κ3) is 4.87. The Morgan fingerprint density at radius 1 is 0.925 bits per heavy atom. The molecule has 1 aliphatic rings. The van der Waals surface area contributed by atoms with Crippen molar-refractivity contribution < 1.29 is 13.2 Å². The van der Waals surface area contributed by atoms with Crippen molar-refractivity contribution >= 4 is 49.5 Å². The lowest BCUT2D eigenvalue weighted by Gasteiger charge is -2.29. The Kier molecular flexibility index (Phi) is 6.65. The first-order valence-electron chi connectivity index (χ1n) is 12.7. The molecule has 0 aliphatic carbocycles. The molecule has 3 heterocycles. The number of nitrogens with zero attached hydrogens (tertiary/aromatic N) is 3. The van der Waals surface area contributed by atoms with E-state index in [1.165, 1.54) is 12.5 Å². The monoisotopic (exact) mass is 569 g/mol. The van der Waals surface area contributed by atoms with Crippen LogP contribution in [0.3, 0.4) is 0 Å². The highest BCUT2D eigenvalue weighted by Gasteiger charge is 2.42. The Bertz CT molecular complexity index is 1820. The fraction of sp³-hybridized carbons (Fsp3) is 0.133. The number of hydrogen-bond acceptors (Lipinski definition) is 5. The molecule has 1 fully saturated rings. The summed E-state index contributed by atoms with van der Waals surface area (Å²) in [6.45, 7) is 0. The molecule has 6 rings (SSSR count). The maximum absolute atomic E-state index is 11.9. The number of benzene rings is 3. The Labute approximate surface area is 238 Å². The lowest BCUT2D eigenvalue weighted by atomic mass is 10.0. The Hall–Kier alpha value is -4.41. The predicted molar refractivity (Wildman–Crippen MR) is 163 cm³/mol. The molecule has 3 aromatic carbocycles. The minimum absolute atomic E-state index is 0.248. The van der Waals surface area contributed by atoms with Gasteiger partial charge in [-0.15, -0.1) is 0 Å². The number of thiocarbonyl (C=S) groups is 1. The summed E-state index contributed by atoms with van der Waals surface area (Å²) in [6.07, 6.45) is 4.93. The van der Waals surface area contributed by atoms with Crippen LogP contribution in [0.1, 0.15) is 23.5 Å². The quantitative estimate of drug-likeness (QED) is 0.247. The molecule has 40 heavy (non-hydrogen) atoms. The van der Waals surface area contributed by atoms with Crippen LogP contribution >= 0.6 is 12.2 Å². The summed E-state index contributed by atoms with van der Waals surface area (Å²) in [5.41, 5.74) is 4.00. The van der Waals surface area contributed by atoms with E-state index in [-0.39, 0.29) is 12.1 Å². The first-order chi connectivity index (χ1) is 19.3. The Balaban J connectivity index is 1.49. The molecule has 1 saturated heterocycles. The summed E-state index contributed by atoms with van der Waals surface area (Å²) in [7, 11) is -1.98. The maximum atomic E-state index is 11.9. The van der Waals surface area contributed by atoms with Crippen molar-refractivity contribution in [3.05, 3.63) is 115 Å². The van der Waals surface area contributed by atoms with E-state index in [9.17, 15) is 8.42 Å². The first kappa shape index (κ1) is 25.8. The topological polar surface area (TPSA) is 88.5 Å². The summed E-state index contributed by atoms with van der Waals surface area (Å²) in [5, 5.41) is 6.33. The summed E-state index contributed by atoms with van der Waals surface area (Å²) in [6, 6.07) is 29.4. The molecule has 0 saturated carbocycles. The molecule has 0 bridgehead atoms. The summed E-state index contributed by atoms with van der Waals surface area (Å²) < 4.78 is 34.1. The van der Waals surface area contributed by atoms with E-state index >= 15 is 0 Å². The molecule has 8 nitrogen and oxygen atoms in total. The molecule has 0 spiro atoms. The number of sulfonamides is 1. The third-order valence-electron chi connectivity index (χ3n) is 6.95. The second-order valence-corrected chi connectivity index (χ2v) is 11.7. The van der Waals surface area contributed by atoms with Gasteiger partial charge in [-0.25, -0.2) is 8.42 Å². The van der Waals surface area contributed by atoms with Crippen LogP contribution in [0, 0.1) is 0 Å². The van der Waals surface area contributed by atoms with E-state index in [0.717, 1.165) is 34.4 Å². The Morgan fingerprint density at radius 3 is 2.45 bits per heavy atom. The number of hydrogen-bond donors (Lipinski definition) is 2. The van der Waals surface area contributed by atoms with Crippen molar-refractivity contribution in [2.45, 2.75) is 12.1 Å². The van der Waals surface area contributed by atoms with Crippen LogP contribution in [0.4, 0.5) is 11.4 Å². The summed E-state index contributed by atoms with van der Waals surface area (Å²) >= 11 is 5.90. The lowest BCUT2D eigenvalue weighted by Crippen LogP contribution is -2.30. The van der Waals surface area contributed by atoms with Crippen LogP contribution in [0.5, 0.6) is 5.75 Å². The van der Waals surface area contributed by atoms with Crippen molar-refractivity contribution in [3.63, 3.8) is 0 Å². The van der Waals surface area contributed by atoms with Crippen LogP contribution in [-0.4, -0.2) is 36.4 Å². The molecule has 202 valence electrons. The summed E-state index contributed by atoms with van der Waals surface area (Å²) in [4.78, 5) is 6.69. The van der Waals surface area contributed by atoms with Crippen molar-refractivity contribution in [1.29, 1.82) is 0 Å². The van der Waals surface area contributed by atoms with Crippen molar-refractivity contribution in [2.75, 3.05) is 23.0 Å². The van der Waals surface area contributed by atoms with E-state index in [1.54, 1.807) is 18.3 Å². The van der Waals surface area contributed by atoms with E-state index in [4.69, 9.17) is 17.0 Å². The highest BCUT2D eigenvalue weighted by atomic mass is 32.2. The molecule has 1 aliphatic heterocycles. The minimum atomic E-state index is -3.49. The first-order valence-corrected chi connectivity index (χ1v) is 15.0. The van der Waals surface area contributed by atoms with Gasteiger partial charge in [0.1, 0.15) is 11.8 Å². The molecule has 2 unspecified atom stereocenters. The third-order valence-corrected chi connectivity index (χ3v) is 7.86. The van der Waals surface area contributed by atoms with Crippen LogP contribution in [0.2, 0.25) is 0 Å². The average molecular weight is 570 g/mol. The number of methoxy groups -OCH3 is 1. The van der Waals surface area contributed by atoms with Crippen molar-refractivity contribution in [2.24, 2.45) is 0 Å². The van der Waals surface area contributed by atoms with Gasteiger partial charge < -0.3 is 19.5 Å². The largest absolute Gasteiger partial charge is 0.494 e. The van der Waals surface area contributed by atoms with Crippen molar-refractivity contribution in [3.8, 4) is 11.4 Å². The van der Waals surface area contributed by atoms with Crippen LogP contribution in [-0.2, 0) is 10.0 Å². The van der Waals surface area contributed by atoms with E-state index in [0.29, 0.717) is 16.5 Å². The standard InChI is InChI=1S/C30H27N5O3S2/c1-38-27-19-23(14-15-24(27)33-40(2,36)37)35-29(28(32-30(35)39)25-10-5-6-16-31-25)26-11-7-17-34(26)22-13-12-20-8-3-4-9-21(20)18-22/h3-19,28-29,33H,1-2H3,(H,32,39). The number of anilines is 2. The van der Waals surface area contributed by atoms with Gasteiger partial charge in [-0.3, -0.25) is 9.71 Å². The van der Waals surface area contributed by atoms with Crippen LogP contribution < -0.4 is 19.7 Å². The number of rotatable bonds is 7. The maximum Gasteiger partial charge on any atom is 0.229 e. The van der Waals surface area contributed by atoms with Gasteiger partial charge in [0.25, 0.3) is 0 Å². The van der Waals surface area contributed by atoms with Gasteiger partial charge in [0.15, 0.2) is 5.11 Å². The zero-order valence-corrected chi connectivity index (χ0v) is 23.5. The normalized spacial score (nSPS) is 17.1. The zero-order valence-electron chi connectivity index (χ0n) is 21.9. The number of nitrogens with one attached hydrogen (secondary N) is 2. The highest BCUT2D eigenvalue weighted by molar-refractivity contribution is 7.92. The Morgan fingerprint density at radius 2 is 1.70 bits per heavy atom. The summed E-state index contributed by atoms with van der Waals surface area (Å²) in [5.74, 6) is 0.385. The zero-order chi connectivity index (χ0) is 27.9. The molecule has 2 N–H and O–H groups in total. The average Bonchev–Trinajstić information content (AvgIpc) is 3.57. The molecule has 10 heteroatoms. The molecule has 0 amide bonds. The van der Waals surface area contributed by atoms with Crippen molar-refractivity contribution in [1.82, 2.24) is 14.9 Å². The second kappa shape index (κ2) is 10.3. The van der Waals surface area contributed by atoms with Gasteiger partial charge in [-0.1, -0.05) is 36.4 Å². The highest BCUT2D eigenvalue weighted by Crippen LogP contribution is 2.44. The van der Waals surface area contributed by atoms with Gasteiger partial charge in [-0.2, -0.15) is 0 Å². The SMILES string of the molecule is COc1cc(N2C(=S)NC(c3ccccn3)C2c2cccn2-c2ccc3ccccc3c2)ccc1NS(C)(=O)=O. The molecular weight excluding hydrogens is 542 g/mol. The van der Waals surface area contributed by atoms with Crippen LogP contribution in [0.15, 0.2) is 103 Å². The fourth-order valence-corrected chi connectivity index (χ4v) is 6.16. The smallest absolute Gasteiger partial charge is 0.229 e. The number of pyridine rings is 1. The van der Waals surface area contributed by atoms with E-state index in [2.05, 4.69) is 56.0 Å². The van der Waals surface area contributed by atoms with Crippen LogP contribution in [0.25, 0.3) is 16.5 Å². The number of ether oxygens (including phenoxy) is 1. The lowest BCUT2D eigenvalue weighted by molar-refractivity contribution is 0.417. The molecule has 5 aromatic rings. The molecule has 2 aromatic heterocycles. The van der Waals surface area contributed by atoms with Gasteiger partial charge >= 0.3 is 0 Å². The van der Waals surface area contributed by atoms with Gasteiger partial charge in [0.2, 0.25) is 10.0 Å². The van der Waals surface area contributed by atoms with Gasteiger partial charge in [0.05, 0.1) is 30.8 Å².